The molecule has 0 saturated carbocycles. The van der Waals surface area contributed by atoms with Gasteiger partial charge in [-0.3, -0.25) is 4.79 Å². The maximum Gasteiger partial charge on any atom is 0.262 e. The molecule has 0 atom stereocenters. The molecule has 1 aliphatic carbocycles. The summed E-state index contributed by atoms with van der Waals surface area (Å²) in [5.74, 6) is -0.200. The number of anilines is 1. The Morgan fingerprint density at radius 1 is 1.18 bits per heavy atom. The second-order valence-electron chi connectivity index (χ2n) is 5.25. The molecular formula is C17H15BrFNO2. The maximum atomic E-state index is 13.6. The third-order valence-corrected chi connectivity index (χ3v) is 4.14. The average molecular weight is 364 g/mol. The Bertz CT molecular complexity index is 718. The van der Waals surface area contributed by atoms with E-state index in [0.29, 0.717) is 10.2 Å². The van der Waals surface area contributed by atoms with E-state index in [4.69, 9.17) is 4.74 Å². The maximum absolute atomic E-state index is 13.6. The van der Waals surface area contributed by atoms with Crippen LogP contribution in [0.1, 0.15) is 17.5 Å². The van der Waals surface area contributed by atoms with Crippen LogP contribution in [-0.4, -0.2) is 12.5 Å². The van der Waals surface area contributed by atoms with Crippen molar-refractivity contribution in [3.05, 3.63) is 57.8 Å². The second kappa shape index (κ2) is 6.48. The van der Waals surface area contributed by atoms with Gasteiger partial charge in [-0.1, -0.05) is 22.0 Å². The molecule has 1 aliphatic rings. The molecule has 0 unspecified atom stereocenters. The largest absolute Gasteiger partial charge is 0.484 e. The van der Waals surface area contributed by atoms with Crippen molar-refractivity contribution in [2.75, 3.05) is 11.9 Å². The van der Waals surface area contributed by atoms with Crippen molar-refractivity contribution in [2.45, 2.75) is 19.3 Å². The molecule has 0 spiro atoms. The number of nitrogens with one attached hydrogen (secondary N) is 1. The van der Waals surface area contributed by atoms with E-state index in [1.54, 1.807) is 6.07 Å². The van der Waals surface area contributed by atoms with E-state index in [-0.39, 0.29) is 18.2 Å². The molecule has 0 radical (unpaired) electrons. The molecule has 3 rings (SSSR count). The second-order valence-corrected chi connectivity index (χ2v) is 6.16. The van der Waals surface area contributed by atoms with Crippen molar-refractivity contribution in [3.8, 4) is 5.75 Å². The SMILES string of the molecule is O=C(COc1ccc2c(c1)CCC2)Nc1ccc(Br)cc1F. The van der Waals surface area contributed by atoms with Crippen molar-refractivity contribution >= 4 is 27.5 Å². The molecule has 1 N–H and O–H groups in total. The Morgan fingerprint density at radius 3 is 2.82 bits per heavy atom. The number of benzene rings is 2. The summed E-state index contributed by atoms with van der Waals surface area (Å²) >= 11 is 3.17. The van der Waals surface area contributed by atoms with Gasteiger partial charge in [-0.15, -0.1) is 0 Å². The predicted octanol–water partition coefficient (Wildman–Crippen LogP) is 4.09. The third-order valence-electron chi connectivity index (χ3n) is 3.65. The van der Waals surface area contributed by atoms with Crippen molar-refractivity contribution in [3.63, 3.8) is 0 Å². The lowest BCUT2D eigenvalue weighted by atomic mass is 10.1. The molecule has 2 aromatic rings. The standard InChI is InChI=1S/C17H15BrFNO2/c18-13-5-7-16(15(19)9-13)20-17(21)10-22-14-6-4-11-2-1-3-12(11)8-14/h4-9H,1-3,10H2,(H,20,21). The Labute approximate surface area is 136 Å². The Kier molecular flexibility index (Phi) is 4.43. The van der Waals surface area contributed by atoms with E-state index in [1.807, 2.05) is 18.2 Å². The summed E-state index contributed by atoms with van der Waals surface area (Å²) in [6, 6.07) is 10.4. The minimum atomic E-state index is -0.486. The first kappa shape index (κ1) is 15.0. The van der Waals surface area contributed by atoms with E-state index in [2.05, 4.69) is 21.2 Å². The van der Waals surface area contributed by atoms with Gasteiger partial charge >= 0.3 is 0 Å². The number of carbonyl (C=O) groups is 1. The normalized spacial score (nSPS) is 12.8. The zero-order chi connectivity index (χ0) is 15.5. The molecule has 1 amide bonds. The number of rotatable bonds is 4. The minimum Gasteiger partial charge on any atom is -0.484 e. The van der Waals surface area contributed by atoms with E-state index < -0.39 is 5.82 Å². The molecule has 3 nitrogen and oxygen atoms in total. The van der Waals surface area contributed by atoms with Crippen LogP contribution in [0.3, 0.4) is 0 Å². The van der Waals surface area contributed by atoms with Crippen LogP contribution in [0, 0.1) is 5.82 Å². The van der Waals surface area contributed by atoms with Gasteiger partial charge in [-0.2, -0.15) is 0 Å². The lowest BCUT2D eigenvalue weighted by Crippen LogP contribution is -2.20. The summed E-state index contributed by atoms with van der Waals surface area (Å²) in [6.45, 7) is -0.145. The smallest absolute Gasteiger partial charge is 0.262 e. The summed E-state index contributed by atoms with van der Waals surface area (Å²) in [4.78, 5) is 11.8. The lowest BCUT2D eigenvalue weighted by Gasteiger charge is -2.09. The van der Waals surface area contributed by atoms with Gasteiger partial charge in [0.15, 0.2) is 6.61 Å². The number of ether oxygens (including phenoxy) is 1. The molecule has 0 aliphatic heterocycles. The van der Waals surface area contributed by atoms with Crippen LogP contribution in [0.2, 0.25) is 0 Å². The number of hydrogen-bond acceptors (Lipinski definition) is 2. The molecular weight excluding hydrogens is 349 g/mol. The van der Waals surface area contributed by atoms with Crippen LogP contribution in [0.15, 0.2) is 40.9 Å². The fraction of sp³-hybridized carbons (Fsp3) is 0.235. The van der Waals surface area contributed by atoms with Crippen molar-refractivity contribution in [2.24, 2.45) is 0 Å². The first-order valence-corrected chi connectivity index (χ1v) is 7.90. The van der Waals surface area contributed by atoms with Gasteiger partial charge in [0.05, 0.1) is 5.69 Å². The van der Waals surface area contributed by atoms with Crippen LogP contribution in [0.4, 0.5) is 10.1 Å². The summed E-state index contributed by atoms with van der Waals surface area (Å²) in [6.07, 6.45) is 3.34. The average Bonchev–Trinajstić information content (AvgIpc) is 2.95. The van der Waals surface area contributed by atoms with Crippen LogP contribution in [-0.2, 0) is 17.6 Å². The Hall–Kier alpha value is -1.88. The fourth-order valence-electron chi connectivity index (χ4n) is 2.56. The van der Waals surface area contributed by atoms with Crippen LogP contribution in [0.5, 0.6) is 5.75 Å². The highest BCUT2D eigenvalue weighted by molar-refractivity contribution is 9.10. The van der Waals surface area contributed by atoms with Crippen molar-refractivity contribution in [1.82, 2.24) is 0 Å². The molecule has 0 aromatic heterocycles. The number of aryl methyl sites for hydroxylation is 2. The van der Waals surface area contributed by atoms with E-state index in [1.165, 1.54) is 29.7 Å². The van der Waals surface area contributed by atoms with Gasteiger partial charge in [-0.05, 0) is 60.7 Å². The molecule has 0 fully saturated rings. The highest BCUT2D eigenvalue weighted by atomic mass is 79.9. The summed E-state index contributed by atoms with van der Waals surface area (Å²) in [5.41, 5.74) is 2.79. The zero-order valence-corrected chi connectivity index (χ0v) is 13.5. The number of amides is 1. The number of halogens is 2. The first-order valence-electron chi connectivity index (χ1n) is 7.11. The van der Waals surface area contributed by atoms with E-state index in [9.17, 15) is 9.18 Å². The van der Waals surface area contributed by atoms with Gasteiger partial charge < -0.3 is 10.1 Å². The first-order chi connectivity index (χ1) is 10.6. The Balaban J connectivity index is 1.58. The molecule has 114 valence electrons. The topological polar surface area (TPSA) is 38.3 Å². The summed E-state index contributed by atoms with van der Waals surface area (Å²) < 4.78 is 19.7. The summed E-state index contributed by atoms with van der Waals surface area (Å²) in [5, 5.41) is 2.50. The monoisotopic (exact) mass is 363 g/mol. The predicted molar refractivity (Wildman–Crippen MR) is 86.7 cm³/mol. The molecule has 0 bridgehead atoms. The van der Waals surface area contributed by atoms with E-state index >= 15 is 0 Å². The Morgan fingerprint density at radius 2 is 2.00 bits per heavy atom. The van der Waals surface area contributed by atoms with Crippen LogP contribution in [0.25, 0.3) is 0 Å². The van der Waals surface area contributed by atoms with Gasteiger partial charge in [0.25, 0.3) is 5.91 Å². The van der Waals surface area contributed by atoms with Gasteiger partial charge in [0.2, 0.25) is 0 Å². The van der Waals surface area contributed by atoms with Crippen molar-refractivity contribution < 1.29 is 13.9 Å². The molecule has 0 heterocycles. The number of hydrogen-bond donors (Lipinski definition) is 1. The van der Waals surface area contributed by atoms with Gasteiger partial charge in [-0.25, -0.2) is 4.39 Å². The zero-order valence-electron chi connectivity index (χ0n) is 11.9. The minimum absolute atomic E-state index is 0.144. The third kappa shape index (κ3) is 3.47. The highest BCUT2D eigenvalue weighted by Crippen LogP contribution is 2.26. The summed E-state index contributed by atoms with van der Waals surface area (Å²) in [7, 11) is 0. The number of fused-ring (bicyclic) bond motifs is 1. The quantitative estimate of drug-likeness (QED) is 0.887. The fourth-order valence-corrected chi connectivity index (χ4v) is 2.90. The van der Waals surface area contributed by atoms with Crippen molar-refractivity contribution in [1.29, 1.82) is 0 Å². The van der Waals surface area contributed by atoms with E-state index in [0.717, 1.165) is 12.8 Å². The van der Waals surface area contributed by atoms with Crippen LogP contribution < -0.4 is 10.1 Å². The van der Waals surface area contributed by atoms with Crippen LogP contribution >= 0.6 is 15.9 Å². The molecule has 2 aromatic carbocycles. The molecule has 22 heavy (non-hydrogen) atoms. The highest BCUT2D eigenvalue weighted by Gasteiger charge is 2.12. The molecule has 0 saturated heterocycles. The molecule has 5 heteroatoms. The lowest BCUT2D eigenvalue weighted by molar-refractivity contribution is -0.118. The van der Waals surface area contributed by atoms with Gasteiger partial charge in [0.1, 0.15) is 11.6 Å². The van der Waals surface area contributed by atoms with Gasteiger partial charge in [0, 0.05) is 4.47 Å². The number of carbonyl (C=O) groups excluding carboxylic acids is 1.